The molecule has 0 bridgehead atoms. The second-order valence-electron chi connectivity index (χ2n) is 8.72. The first-order chi connectivity index (χ1) is 15.7. The van der Waals surface area contributed by atoms with Gasteiger partial charge in [0.1, 0.15) is 5.69 Å². The second-order valence-corrected chi connectivity index (χ2v) is 8.72. The van der Waals surface area contributed by atoms with Crippen molar-refractivity contribution in [3.63, 3.8) is 0 Å². The van der Waals surface area contributed by atoms with E-state index in [2.05, 4.69) is 57.4 Å². The molecule has 5 heteroatoms. The fourth-order valence-electron chi connectivity index (χ4n) is 4.60. The second kappa shape index (κ2) is 11.0. The number of piperidine rings is 1. The van der Waals surface area contributed by atoms with E-state index in [0.717, 1.165) is 44.6 Å². The molecule has 1 fully saturated rings. The van der Waals surface area contributed by atoms with Gasteiger partial charge in [0.2, 0.25) is 0 Å². The van der Waals surface area contributed by atoms with Crippen molar-refractivity contribution in [2.75, 3.05) is 19.6 Å². The van der Waals surface area contributed by atoms with Crippen LogP contribution in [-0.2, 0) is 0 Å². The van der Waals surface area contributed by atoms with E-state index in [9.17, 15) is 4.79 Å². The van der Waals surface area contributed by atoms with Crippen LogP contribution in [0.15, 0.2) is 79.1 Å². The van der Waals surface area contributed by atoms with Gasteiger partial charge in [-0.2, -0.15) is 0 Å². The topological polar surface area (TPSA) is 58.1 Å². The molecule has 1 aliphatic rings. The van der Waals surface area contributed by atoms with E-state index >= 15 is 0 Å². The van der Waals surface area contributed by atoms with Crippen LogP contribution in [0.25, 0.3) is 0 Å². The maximum Gasteiger partial charge on any atom is 0.270 e. The largest absolute Gasteiger partial charge is 0.342 e. The van der Waals surface area contributed by atoms with Crippen molar-refractivity contribution in [3.05, 3.63) is 96.1 Å². The van der Waals surface area contributed by atoms with E-state index in [1.165, 1.54) is 5.56 Å². The van der Waals surface area contributed by atoms with Crippen molar-refractivity contribution in [1.29, 1.82) is 0 Å². The lowest BCUT2D eigenvalue weighted by Gasteiger charge is -2.37. The maximum absolute atomic E-state index is 12.9. The normalized spacial score (nSPS) is 18.6. The van der Waals surface area contributed by atoms with Crippen molar-refractivity contribution < 1.29 is 4.79 Å². The first-order valence-electron chi connectivity index (χ1n) is 11.6. The summed E-state index contributed by atoms with van der Waals surface area (Å²) in [5.74, 6) is 0.710. The number of rotatable bonds is 8. The number of likely N-dealkylation sites (tertiary alicyclic amines) is 1. The molecule has 3 heterocycles. The summed E-state index contributed by atoms with van der Waals surface area (Å²) in [4.78, 5) is 24.3. The van der Waals surface area contributed by atoms with Crippen LogP contribution in [0.4, 0.5) is 0 Å². The molecular formula is C27H32N4O. The standard InChI is InChI=1S/C27H32N4O/c1-21(22-10-3-2-4-11-22)15-19-31-18-9-12-23(20-31)26(24-13-5-7-16-28-24)30-27(32)25-14-6-8-17-29-25/h2-8,10-11,13-14,16-17,21,23,26H,9,12,15,18-20H2,1H3,(H,30,32)/t21-,23-,26-/m1/s1. The number of nitrogens with zero attached hydrogens (tertiary/aromatic N) is 3. The maximum atomic E-state index is 12.9. The molecule has 3 aromatic rings. The van der Waals surface area contributed by atoms with Crippen molar-refractivity contribution in [2.45, 2.75) is 38.1 Å². The van der Waals surface area contributed by atoms with E-state index in [-0.39, 0.29) is 11.9 Å². The van der Waals surface area contributed by atoms with Gasteiger partial charge in [-0.25, -0.2) is 0 Å². The molecular weight excluding hydrogens is 396 g/mol. The van der Waals surface area contributed by atoms with Gasteiger partial charge in [-0.3, -0.25) is 14.8 Å². The first kappa shape index (κ1) is 22.2. The molecule has 0 spiro atoms. The molecule has 0 radical (unpaired) electrons. The predicted molar refractivity (Wildman–Crippen MR) is 127 cm³/mol. The van der Waals surface area contributed by atoms with E-state index in [1.54, 1.807) is 18.5 Å². The molecule has 32 heavy (non-hydrogen) atoms. The minimum absolute atomic E-state index is 0.125. The highest BCUT2D eigenvalue weighted by Gasteiger charge is 2.31. The van der Waals surface area contributed by atoms with Gasteiger partial charge in [-0.15, -0.1) is 0 Å². The third kappa shape index (κ3) is 5.80. The molecule has 2 aromatic heterocycles. The lowest BCUT2D eigenvalue weighted by molar-refractivity contribution is 0.0873. The average Bonchev–Trinajstić information content (AvgIpc) is 2.87. The number of amides is 1. The van der Waals surface area contributed by atoms with Crippen molar-refractivity contribution in [2.24, 2.45) is 5.92 Å². The van der Waals surface area contributed by atoms with Crippen molar-refractivity contribution in [3.8, 4) is 0 Å². The van der Waals surface area contributed by atoms with Gasteiger partial charge in [0.15, 0.2) is 0 Å². The molecule has 1 N–H and O–H groups in total. The molecule has 3 atom stereocenters. The van der Waals surface area contributed by atoms with Gasteiger partial charge in [-0.1, -0.05) is 49.4 Å². The number of carbonyl (C=O) groups is 1. The summed E-state index contributed by atoms with van der Waals surface area (Å²) >= 11 is 0. The molecule has 1 aromatic carbocycles. The van der Waals surface area contributed by atoms with Crippen LogP contribution in [0.1, 0.15) is 59.9 Å². The summed E-state index contributed by atoms with van der Waals surface area (Å²) < 4.78 is 0. The van der Waals surface area contributed by atoms with E-state index in [1.807, 2.05) is 30.3 Å². The number of hydrogen-bond acceptors (Lipinski definition) is 4. The summed E-state index contributed by atoms with van der Waals surface area (Å²) in [5.41, 5.74) is 2.76. The Morgan fingerprint density at radius 3 is 2.50 bits per heavy atom. The Hall–Kier alpha value is -3.05. The summed E-state index contributed by atoms with van der Waals surface area (Å²) in [6, 6.07) is 21.9. The highest BCUT2D eigenvalue weighted by molar-refractivity contribution is 5.92. The Morgan fingerprint density at radius 2 is 1.78 bits per heavy atom. The van der Waals surface area contributed by atoms with Gasteiger partial charge in [0, 0.05) is 18.9 Å². The van der Waals surface area contributed by atoms with Crippen LogP contribution in [0, 0.1) is 5.92 Å². The van der Waals surface area contributed by atoms with E-state index in [4.69, 9.17) is 0 Å². The number of pyridine rings is 2. The zero-order valence-corrected chi connectivity index (χ0v) is 18.7. The fourth-order valence-corrected chi connectivity index (χ4v) is 4.60. The molecule has 166 valence electrons. The third-order valence-corrected chi connectivity index (χ3v) is 6.45. The predicted octanol–water partition coefficient (Wildman–Crippen LogP) is 4.85. The third-order valence-electron chi connectivity index (χ3n) is 6.45. The lowest BCUT2D eigenvalue weighted by Crippen LogP contribution is -2.43. The van der Waals surface area contributed by atoms with Crippen molar-refractivity contribution in [1.82, 2.24) is 20.2 Å². The van der Waals surface area contributed by atoms with Crippen LogP contribution in [0.2, 0.25) is 0 Å². The zero-order valence-electron chi connectivity index (χ0n) is 18.7. The smallest absolute Gasteiger partial charge is 0.270 e. The van der Waals surface area contributed by atoms with Crippen LogP contribution in [0.5, 0.6) is 0 Å². The molecule has 1 amide bonds. The van der Waals surface area contributed by atoms with Gasteiger partial charge in [-0.05, 0) is 74.0 Å². The lowest BCUT2D eigenvalue weighted by atomic mass is 9.87. The number of nitrogens with one attached hydrogen (secondary N) is 1. The Morgan fingerprint density at radius 1 is 1.03 bits per heavy atom. The molecule has 0 unspecified atom stereocenters. The summed E-state index contributed by atoms with van der Waals surface area (Å²) in [6.07, 6.45) is 6.80. The quantitative estimate of drug-likeness (QED) is 0.557. The van der Waals surface area contributed by atoms with Crippen LogP contribution >= 0.6 is 0 Å². The van der Waals surface area contributed by atoms with Crippen LogP contribution < -0.4 is 5.32 Å². The number of benzene rings is 1. The molecule has 5 nitrogen and oxygen atoms in total. The highest BCUT2D eigenvalue weighted by atomic mass is 16.1. The van der Waals surface area contributed by atoms with Gasteiger partial charge in [0.05, 0.1) is 11.7 Å². The molecule has 4 rings (SSSR count). The van der Waals surface area contributed by atoms with Gasteiger partial charge >= 0.3 is 0 Å². The first-order valence-corrected chi connectivity index (χ1v) is 11.6. The Labute approximate surface area is 190 Å². The van der Waals surface area contributed by atoms with Crippen molar-refractivity contribution >= 4 is 5.91 Å². The summed E-state index contributed by atoms with van der Waals surface area (Å²) in [7, 11) is 0. The number of carbonyl (C=O) groups excluding carboxylic acids is 1. The number of aromatic nitrogens is 2. The average molecular weight is 429 g/mol. The summed E-state index contributed by atoms with van der Waals surface area (Å²) in [6.45, 7) is 5.45. The zero-order chi connectivity index (χ0) is 22.2. The Balaban J connectivity index is 1.43. The fraction of sp³-hybridized carbons (Fsp3) is 0.370. The number of hydrogen-bond donors (Lipinski definition) is 1. The van der Waals surface area contributed by atoms with Gasteiger partial charge < -0.3 is 10.2 Å². The molecule has 1 aliphatic heterocycles. The minimum Gasteiger partial charge on any atom is -0.342 e. The Kier molecular flexibility index (Phi) is 7.62. The highest BCUT2D eigenvalue weighted by Crippen LogP contribution is 2.30. The SMILES string of the molecule is C[C@H](CCN1CCC[C@@H]([C@@H](NC(=O)c2ccccn2)c2ccccn2)C1)c1ccccc1. The molecule has 0 saturated carbocycles. The minimum atomic E-state index is -0.143. The summed E-state index contributed by atoms with van der Waals surface area (Å²) in [5, 5.41) is 3.24. The molecule has 0 aliphatic carbocycles. The van der Waals surface area contributed by atoms with E-state index < -0.39 is 0 Å². The molecule has 1 saturated heterocycles. The van der Waals surface area contributed by atoms with Crippen LogP contribution in [-0.4, -0.2) is 40.4 Å². The monoisotopic (exact) mass is 428 g/mol. The van der Waals surface area contributed by atoms with E-state index in [0.29, 0.717) is 17.5 Å². The van der Waals surface area contributed by atoms with Gasteiger partial charge in [0.25, 0.3) is 5.91 Å². The van der Waals surface area contributed by atoms with Crippen LogP contribution in [0.3, 0.4) is 0 Å². The Bertz CT molecular complexity index is 965.